The minimum Gasteiger partial charge on any atom is -0.487 e. The van der Waals surface area contributed by atoms with Crippen LogP contribution in [0.2, 0.25) is 0 Å². The molecule has 0 radical (unpaired) electrons. The van der Waals surface area contributed by atoms with Crippen LogP contribution in [0.4, 0.5) is 0 Å². The maximum atomic E-state index is 5.84. The van der Waals surface area contributed by atoms with Crippen molar-refractivity contribution in [3.05, 3.63) is 48.0 Å². The highest BCUT2D eigenvalue weighted by atomic mass is 16.7. The summed E-state index contributed by atoms with van der Waals surface area (Å²) >= 11 is 0. The molecule has 3 aromatic rings. The second-order valence-corrected chi connectivity index (χ2v) is 5.18. The van der Waals surface area contributed by atoms with E-state index < -0.39 is 0 Å². The summed E-state index contributed by atoms with van der Waals surface area (Å²) in [5, 5.41) is 0.998. The highest BCUT2D eigenvalue weighted by molar-refractivity contribution is 5.88. The molecule has 2 aliphatic heterocycles. The van der Waals surface area contributed by atoms with Crippen LogP contribution in [0.1, 0.15) is 5.56 Å². The van der Waals surface area contributed by atoms with Gasteiger partial charge < -0.3 is 14.2 Å². The van der Waals surface area contributed by atoms with E-state index in [1.807, 2.05) is 30.3 Å². The molecule has 4 heteroatoms. The van der Waals surface area contributed by atoms with Gasteiger partial charge in [-0.15, -0.1) is 0 Å². The minimum absolute atomic E-state index is 0.269. The Bertz CT molecular complexity index is 889. The molecule has 0 amide bonds. The molecule has 102 valence electrons. The molecule has 0 spiro atoms. The van der Waals surface area contributed by atoms with Crippen molar-refractivity contribution < 1.29 is 14.2 Å². The molecule has 0 bridgehead atoms. The SMILES string of the molecule is c1ccc2c(c1)COc1cc3cc4c(cc3nc1-2)OCO4. The van der Waals surface area contributed by atoms with E-state index in [0.29, 0.717) is 6.61 Å². The number of nitrogens with zero attached hydrogens (tertiary/aromatic N) is 1. The van der Waals surface area contributed by atoms with Gasteiger partial charge in [-0.25, -0.2) is 4.98 Å². The summed E-state index contributed by atoms with van der Waals surface area (Å²) in [6, 6.07) is 14.1. The van der Waals surface area contributed by atoms with Gasteiger partial charge in [-0.3, -0.25) is 0 Å². The van der Waals surface area contributed by atoms with Gasteiger partial charge in [0.05, 0.1) is 5.52 Å². The zero-order valence-corrected chi connectivity index (χ0v) is 11.1. The van der Waals surface area contributed by atoms with Crippen molar-refractivity contribution in [3.63, 3.8) is 0 Å². The van der Waals surface area contributed by atoms with E-state index in [1.54, 1.807) is 0 Å². The third kappa shape index (κ3) is 1.53. The zero-order valence-electron chi connectivity index (χ0n) is 11.1. The molecule has 2 aliphatic rings. The Balaban J connectivity index is 1.80. The number of hydrogen-bond acceptors (Lipinski definition) is 4. The molecule has 0 saturated heterocycles. The largest absolute Gasteiger partial charge is 0.487 e. The van der Waals surface area contributed by atoms with Crippen molar-refractivity contribution in [2.75, 3.05) is 6.79 Å². The lowest BCUT2D eigenvalue weighted by Gasteiger charge is -2.20. The second-order valence-electron chi connectivity index (χ2n) is 5.18. The van der Waals surface area contributed by atoms with Crippen LogP contribution in [-0.4, -0.2) is 11.8 Å². The average molecular weight is 277 g/mol. The smallest absolute Gasteiger partial charge is 0.231 e. The first-order valence-electron chi connectivity index (χ1n) is 6.84. The number of pyridine rings is 1. The molecule has 21 heavy (non-hydrogen) atoms. The van der Waals surface area contributed by atoms with E-state index in [0.717, 1.165) is 45.0 Å². The molecule has 0 unspecified atom stereocenters. The van der Waals surface area contributed by atoms with Crippen LogP contribution < -0.4 is 14.2 Å². The number of hydrogen-bond donors (Lipinski definition) is 0. The maximum Gasteiger partial charge on any atom is 0.231 e. The van der Waals surface area contributed by atoms with E-state index >= 15 is 0 Å². The molecule has 4 nitrogen and oxygen atoms in total. The first-order chi connectivity index (χ1) is 10.4. The molecular weight excluding hydrogens is 266 g/mol. The second kappa shape index (κ2) is 3.88. The van der Waals surface area contributed by atoms with Gasteiger partial charge in [-0.2, -0.15) is 0 Å². The Morgan fingerprint density at radius 3 is 2.62 bits per heavy atom. The van der Waals surface area contributed by atoms with E-state index in [2.05, 4.69) is 12.1 Å². The fraction of sp³-hybridized carbons (Fsp3) is 0.118. The Morgan fingerprint density at radius 1 is 0.857 bits per heavy atom. The summed E-state index contributed by atoms with van der Waals surface area (Å²) in [6.07, 6.45) is 0. The summed E-state index contributed by atoms with van der Waals surface area (Å²) < 4.78 is 16.7. The molecule has 0 aliphatic carbocycles. The number of benzene rings is 2. The highest BCUT2D eigenvalue weighted by Crippen LogP contribution is 2.41. The van der Waals surface area contributed by atoms with Crippen molar-refractivity contribution in [2.45, 2.75) is 6.61 Å². The van der Waals surface area contributed by atoms with E-state index in [9.17, 15) is 0 Å². The molecule has 0 fully saturated rings. The monoisotopic (exact) mass is 277 g/mol. The maximum absolute atomic E-state index is 5.84. The van der Waals surface area contributed by atoms with Gasteiger partial charge in [0, 0.05) is 17.0 Å². The third-order valence-corrected chi connectivity index (χ3v) is 3.93. The third-order valence-electron chi connectivity index (χ3n) is 3.93. The molecule has 0 saturated carbocycles. The molecule has 3 heterocycles. The van der Waals surface area contributed by atoms with Crippen molar-refractivity contribution in [1.82, 2.24) is 4.98 Å². The van der Waals surface area contributed by atoms with Gasteiger partial charge in [0.2, 0.25) is 6.79 Å². The van der Waals surface area contributed by atoms with E-state index in [4.69, 9.17) is 19.2 Å². The van der Waals surface area contributed by atoms with E-state index in [-0.39, 0.29) is 6.79 Å². The van der Waals surface area contributed by atoms with Gasteiger partial charge in [-0.05, 0) is 17.7 Å². The zero-order chi connectivity index (χ0) is 13.8. The van der Waals surface area contributed by atoms with E-state index in [1.165, 1.54) is 0 Å². The van der Waals surface area contributed by atoms with Crippen molar-refractivity contribution in [1.29, 1.82) is 0 Å². The highest BCUT2D eigenvalue weighted by Gasteiger charge is 2.21. The summed E-state index contributed by atoms with van der Waals surface area (Å²) in [6.45, 7) is 0.853. The van der Waals surface area contributed by atoms with Crippen LogP contribution in [0.5, 0.6) is 17.2 Å². The Hall–Kier alpha value is -2.75. The number of fused-ring (bicyclic) bond motifs is 5. The fourth-order valence-corrected chi connectivity index (χ4v) is 2.88. The summed E-state index contributed by atoms with van der Waals surface area (Å²) in [4.78, 5) is 4.77. The number of rotatable bonds is 0. The molecule has 5 rings (SSSR count). The van der Waals surface area contributed by atoms with Gasteiger partial charge in [0.15, 0.2) is 11.5 Å². The van der Waals surface area contributed by atoms with Crippen molar-refractivity contribution in [3.8, 4) is 28.5 Å². The quantitative estimate of drug-likeness (QED) is 0.630. The molecule has 2 aromatic carbocycles. The molecule has 1 aromatic heterocycles. The first-order valence-corrected chi connectivity index (χ1v) is 6.84. The summed E-state index contributed by atoms with van der Waals surface area (Å²) in [5.41, 5.74) is 4.08. The average Bonchev–Trinajstić information content (AvgIpc) is 2.97. The number of ether oxygens (including phenoxy) is 3. The van der Waals surface area contributed by atoms with Crippen LogP contribution in [-0.2, 0) is 6.61 Å². The normalized spacial score (nSPS) is 14.5. The lowest BCUT2D eigenvalue weighted by molar-refractivity contribution is 0.174. The van der Waals surface area contributed by atoms with Crippen LogP contribution in [0, 0.1) is 0 Å². The van der Waals surface area contributed by atoms with Crippen LogP contribution in [0.15, 0.2) is 42.5 Å². The lowest BCUT2D eigenvalue weighted by Crippen LogP contribution is -2.06. The standard InChI is InChI=1S/C17H11NO3/c1-2-4-12-10(3-1)8-19-16-6-11-5-14-15(21-9-20-14)7-13(11)18-17(12)16/h1-7H,8-9H2. The number of aromatic nitrogens is 1. The van der Waals surface area contributed by atoms with Crippen LogP contribution in [0.25, 0.3) is 22.2 Å². The fourth-order valence-electron chi connectivity index (χ4n) is 2.88. The molecule has 0 atom stereocenters. The first kappa shape index (κ1) is 11.0. The predicted octanol–water partition coefficient (Wildman–Crippen LogP) is 3.52. The summed E-state index contributed by atoms with van der Waals surface area (Å²) in [7, 11) is 0. The minimum atomic E-state index is 0.269. The van der Waals surface area contributed by atoms with Gasteiger partial charge in [0.25, 0.3) is 0 Å². The van der Waals surface area contributed by atoms with Gasteiger partial charge >= 0.3 is 0 Å². The van der Waals surface area contributed by atoms with Crippen molar-refractivity contribution in [2.24, 2.45) is 0 Å². The Kier molecular flexibility index (Phi) is 2.03. The van der Waals surface area contributed by atoms with Gasteiger partial charge in [0.1, 0.15) is 18.1 Å². The molecular formula is C17H11NO3. The van der Waals surface area contributed by atoms with Crippen LogP contribution >= 0.6 is 0 Å². The topological polar surface area (TPSA) is 40.6 Å². The van der Waals surface area contributed by atoms with Gasteiger partial charge in [-0.1, -0.05) is 24.3 Å². The lowest BCUT2D eigenvalue weighted by atomic mass is 10.0. The Labute approximate surface area is 120 Å². The van der Waals surface area contributed by atoms with Crippen LogP contribution in [0.3, 0.4) is 0 Å². The Morgan fingerprint density at radius 2 is 1.67 bits per heavy atom. The van der Waals surface area contributed by atoms with Crippen molar-refractivity contribution >= 4 is 10.9 Å². The molecule has 0 N–H and O–H groups in total. The predicted molar refractivity (Wildman–Crippen MR) is 77.6 cm³/mol. The summed E-state index contributed by atoms with van der Waals surface area (Å²) in [5.74, 6) is 2.33.